The second kappa shape index (κ2) is 6.57. The van der Waals surface area contributed by atoms with E-state index in [1.54, 1.807) is 23.3 Å². The van der Waals surface area contributed by atoms with E-state index in [1.165, 1.54) is 0 Å². The maximum Gasteiger partial charge on any atom is 0.254 e. The first kappa shape index (κ1) is 16.8. The van der Waals surface area contributed by atoms with Crippen molar-refractivity contribution in [3.05, 3.63) is 47.0 Å². The van der Waals surface area contributed by atoms with E-state index in [4.69, 9.17) is 11.6 Å². The van der Waals surface area contributed by atoms with Crippen LogP contribution in [0.5, 0.6) is 0 Å². The van der Waals surface area contributed by atoms with Crippen LogP contribution in [0, 0.1) is 6.92 Å². The van der Waals surface area contributed by atoms with E-state index in [0.717, 1.165) is 35.5 Å². The Bertz CT molecular complexity index is 977. The molecule has 0 aromatic carbocycles. The van der Waals surface area contributed by atoms with Crippen LogP contribution in [0.4, 0.5) is 5.69 Å². The van der Waals surface area contributed by atoms with Gasteiger partial charge in [0.25, 0.3) is 5.91 Å². The first-order chi connectivity index (χ1) is 12.5. The topological polar surface area (TPSA) is 67.2 Å². The zero-order chi connectivity index (χ0) is 18.3. The molecule has 7 nitrogen and oxygen atoms in total. The number of anilines is 1. The molecule has 1 aliphatic heterocycles. The molecule has 1 saturated heterocycles. The van der Waals surface area contributed by atoms with Gasteiger partial charge in [-0.1, -0.05) is 11.6 Å². The summed E-state index contributed by atoms with van der Waals surface area (Å²) >= 11 is 6.24. The number of aromatic nitrogens is 4. The molecule has 26 heavy (non-hydrogen) atoms. The average Bonchev–Trinajstić information content (AvgIpc) is 3.02. The Hall–Kier alpha value is -2.67. The highest BCUT2D eigenvalue weighted by Gasteiger charge is 2.25. The third-order valence-corrected chi connectivity index (χ3v) is 5.01. The quantitative estimate of drug-likeness (QED) is 0.692. The van der Waals surface area contributed by atoms with Gasteiger partial charge in [0.1, 0.15) is 0 Å². The predicted octanol–water partition coefficient (Wildman–Crippen LogP) is 2.29. The van der Waals surface area contributed by atoms with Crippen LogP contribution in [0.1, 0.15) is 16.1 Å². The van der Waals surface area contributed by atoms with Gasteiger partial charge < -0.3 is 9.80 Å². The van der Waals surface area contributed by atoms with Crippen molar-refractivity contribution in [2.75, 3.05) is 31.1 Å². The van der Waals surface area contributed by atoms with Crippen LogP contribution in [0.15, 0.2) is 30.7 Å². The molecule has 3 aromatic heterocycles. The van der Waals surface area contributed by atoms with Crippen molar-refractivity contribution < 1.29 is 4.79 Å². The highest BCUT2D eigenvalue weighted by Crippen LogP contribution is 2.26. The number of fused-ring (bicyclic) bond motifs is 1. The van der Waals surface area contributed by atoms with Crippen molar-refractivity contribution in [3.63, 3.8) is 0 Å². The van der Waals surface area contributed by atoms with Crippen molar-refractivity contribution in [1.82, 2.24) is 24.6 Å². The Morgan fingerprint density at radius 1 is 1.19 bits per heavy atom. The lowest BCUT2D eigenvalue weighted by molar-refractivity contribution is 0.0748. The molecular formula is C18H19ClN6O. The first-order valence-corrected chi connectivity index (χ1v) is 8.85. The van der Waals surface area contributed by atoms with E-state index in [9.17, 15) is 4.79 Å². The van der Waals surface area contributed by atoms with E-state index in [-0.39, 0.29) is 5.91 Å². The van der Waals surface area contributed by atoms with Gasteiger partial charge in [0.05, 0.1) is 27.9 Å². The SMILES string of the molecule is Cc1cc(C(=O)N2CCN(c3ccncc3Cl)CC2)c2cnn(C)c2n1. The number of hydrogen-bond donors (Lipinski definition) is 0. The Morgan fingerprint density at radius 2 is 1.96 bits per heavy atom. The minimum Gasteiger partial charge on any atom is -0.367 e. The molecule has 4 heterocycles. The van der Waals surface area contributed by atoms with E-state index in [1.807, 2.05) is 31.0 Å². The fourth-order valence-corrected chi connectivity index (χ4v) is 3.60. The highest BCUT2D eigenvalue weighted by molar-refractivity contribution is 6.33. The fraction of sp³-hybridized carbons (Fsp3) is 0.333. The molecule has 134 valence electrons. The summed E-state index contributed by atoms with van der Waals surface area (Å²) in [6.45, 7) is 4.64. The largest absolute Gasteiger partial charge is 0.367 e. The van der Waals surface area contributed by atoms with E-state index >= 15 is 0 Å². The van der Waals surface area contributed by atoms with Gasteiger partial charge in [-0.2, -0.15) is 5.10 Å². The van der Waals surface area contributed by atoms with Crippen LogP contribution in [0.2, 0.25) is 5.02 Å². The molecule has 0 spiro atoms. The summed E-state index contributed by atoms with van der Waals surface area (Å²) in [6.07, 6.45) is 5.09. The summed E-state index contributed by atoms with van der Waals surface area (Å²) in [7, 11) is 1.83. The number of amides is 1. The van der Waals surface area contributed by atoms with Crippen molar-refractivity contribution in [1.29, 1.82) is 0 Å². The number of rotatable bonds is 2. The number of halogens is 1. The van der Waals surface area contributed by atoms with E-state index in [0.29, 0.717) is 23.7 Å². The Balaban J connectivity index is 1.55. The fourth-order valence-electron chi connectivity index (χ4n) is 3.36. The molecule has 3 aromatic rings. The van der Waals surface area contributed by atoms with Gasteiger partial charge in [0.2, 0.25) is 0 Å². The van der Waals surface area contributed by atoms with Crippen LogP contribution < -0.4 is 4.90 Å². The minimum absolute atomic E-state index is 0.0222. The second-order valence-corrected chi connectivity index (χ2v) is 6.83. The summed E-state index contributed by atoms with van der Waals surface area (Å²) < 4.78 is 1.70. The monoisotopic (exact) mass is 370 g/mol. The third-order valence-electron chi connectivity index (χ3n) is 4.72. The molecule has 8 heteroatoms. The van der Waals surface area contributed by atoms with Crippen molar-refractivity contribution in [2.24, 2.45) is 7.05 Å². The second-order valence-electron chi connectivity index (χ2n) is 6.42. The van der Waals surface area contributed by atoms with E-state index < -0.39 is 0 Å². The zero-order valence-corrected chi connectivity index (χ0v) is 15.4. The number of hydrogen-bond acceptors (Lipinski definition) is 5. The van der Waals surface area contributed by atoms with Crippen molar-refractivity contribution in [3.8, 4) is 0 Å². The van der Waals surface area contributed by atoms with Gasteiger partial charge >= 0.3 is 0 Å². The smallest absolute Gasteiger partial charge is 0.254 e. The molecule has 1 aliphatic rings. The number of piperazine rings is 1. The highest BCUT2D eigenvalue weighted by atomic mass is 35.5. The van der Waals surface area contributed by atoms with Gasteiger partial charge in [-0.05, 0) is 19.1 Å². The van der Waals surface area contributed by atoms with Gasteiger partial charge in [-0.25, -0.2) is 4.98 Å². The summed E-state index contributed by atoms with van der Waals surface area (Å²) in [5, 5.41) is 5.67. The molecule has 0 atom stereocenters. The van der Waals surface area contributed by atoms with Crippen LogP contribution in [0.3, 0.4) is 0 Å². The van der Waals surface area contributed by atoms with Gasteiger partial charge in [0.15, 0.2) is 5.65 Å². The summed E-state index contributed by atoms with van der Waals surface area (Å²) in [5.41, 5.74) is 3.17. The summed E-state index contributed by atoms with van der Waals surface area (Å²) in [5.74, 6) is 0.0222. The van der Waals surface area contributed by atoms with Crippen molar-refractivity contribution in [2.45, 2.75) is 6.92 Å². The molecule has 0 N–H and O–H groups in total. The molecule has 0 aliphatic carbocycles. The van der Waals surface area contributed by atoms with E-state index in [2.05, 4.69) is 20.0 Å². The molecule has 0 unspecified atom stereocenters. The predicted molar refractivity (Wildman–Crippen MR) is 101 cm³/mol. The zero-order valence-electron chi connectivity index (χ0n) is 14.7. The van der Waals surface area contributed by atoms with Crippen LogP contribution >= 0.6 is 11.6 Å². The maximum atomic E-state index is 13.1. The van der Waals surface area contributed by atoms with Gasteiger partial charge in [0, 0.05) is 51.3 Å². The number of carbonyl (C=O) groups is 1. The molecule has 4 rings (SSSR count). The number of nitrogens with zero attached hydrogens (tertiary/aromatic N) is 6. The molecule has 1 fully saturated rings. The number of aryl methyl sites for hydroxylation is 2. The summed E-state index contributed by atoms with van der Waals surface area (Å²) in [4.78, 5) is 25.7. The lowest BCUT2D eigenvalue weighted by Gasteiger charge is -2.36. The Labute approximate surface area is 156 Å². The Kier molecular flexibility index (Phi) is 4.24. The third kappa shape index (κ3) is 2.88. The maximum absolute atomic E-state index is 13.1. The minimum atomic E-state index is 0.0222. The normalized spacial score (nSPS) is 14.9. The lowest BCUT2D eigenvalue weighted by atomic mass is 10.1. The molecular weight excluding hydrogens is 352 g/mol. The molecule has 0 radical (unpaired) electrons. The lowest BCUT2D eigenvalue weighted by Crippen LogP contribution is -2.49. The molecule has 0 saturated carbocycles. The first-order valence-electron chi connectivity index (χ1n) is 8.47. The van der Waals surface area contributed by atoms with Crippen molar-refractivity contribution >= 4 is 34.2 Å². The van der Waals surface area contributed by atoms with Crippen LogP contribution in [-0.2, 0) is 7.05 Å². The van der Waals surface area contributed by atoms with Crippen LogP contribution in [0.25, 0.3) is 11.0 Å². The van der Waals surface area contributed by atoms with Gasteiger partial charge in [-0.15, -0.1) is 0 Å². The summed E-state index contributed by atoms with van der Waals surface area (Å²) in [6, 6.07) is 3.75. The standard InChI is InChI=1S/C18H19ClN6O/c1-12-9-13(14-10-21-23(2)17(14)22-12)18(26)25-7-5-24(6-8-25)16-3-4-20-11-15(16)19/h3-4,9-11H,5-8H2,1-2H3. The Morgan fingerprint density at radius 3 is 2.69 bits per heavy atom. The van der Waals surface area contributed by atoms with Crippen LogP contribution in [-0.4, -0.2) is 56.7 Å². The molecule has 0 bridgehead atoms. The molecule has 1 amide bonds. The number of carbonyl (C=O) groups excluding carboxylic acids is 1. The van der Waals surface area contributed by atoms with Gasteiger partial charge in [-0.3, -0.25) is 14.5 Å². The number of pyridine rings is 2. The average molecular weight is 371 g/mol.